The molecule has 36 heavy (non-hydrogen) atoms. The number of hydrogen-bond acceptors (Lipinski definition) is 10. The zero-order valence-electron chi connectivity index (χ0n) is 19.3. The first-order valence-electron chi connectivity index (χ1n) is 10.6. The Kier molecular flexibility index (Phi) is 9.34. The van der Waals surface area contributed by atoms with Crippen LogP contribution in [0.25, 0.3) is 0 Å². The van der Waals surface area contributed by atoms with Crippen molar-refractivity contribution < 1.29 is 33.4 Å². The number of thioether (sulfide) groups is 1. The Morgan fingerprint density at radius 3 is 2.58 bits per heavy atom. The molecule has 0 atom stereocenters. The van der Waals surface area contributed by atoms with Gasteiger partial charge in [0.15, 0.2) is 11.8 Å². The van der Waals surface area contributed by atoms with E-state index in [1.165, 1.54) is 13.3 Å². The normalized spacial score (nSPS) is 15.1. The molecule has 1 heterocycles. The van der Waals surface area contributed by atoms with Gasteiger partial charge in [-0.2, -0.15) is 5.10 Å². The van der Waals surface area contributed by atoms with Crippen molar-refractivity contribution in [2.24, 2.45) is 10.2 Å². The first-order chi connectivity index (χ1) is 17.4. The minimum atomic E-state index is -0.652. The van der Waals surface area contributed by atoms with Crippen molar-refractivity contribution in [3.8, 4) is 5.75 Å². The first kappa shape index (κ1) is 26.2. The lowest BCUT2D eigenvalue weighted by molar-refractivity contribution is -0.135. The molecule has 2 aromatic carbocycles. The summed E-state index contributed by atoms with van der Waals surface area (Å²) in [6, 6.07) is 13.2. The molecule has 1 aliphatic heterocycles. The molecule has 1 saturated heterocycles. The van der Waals surface area contributed by atoms with Gasteiger partial charge in [-0.3, -0.25) is 14.9 Å². The number of amidine groups is 1. The lowest BCUT2D eigenvalue weighted by atomic mass is 10.2. The molecule has 3 rings (SSSR count). The van der Waals surface area contributed by atoms with Crippen molar-refractivity contribution >= 4 is 52.6 Å². The van der Waals surface area contributed by atoms with Gasteiger partial charge < -0.3 is 19.5 Å². The molecule has 0 spiro atoms. The Morgan fingerprint density at radius 2 is 1.86 bits per heavy atom. The Morgan fingerprint density at radius 1 is 1.11 bits per heavy atom. The molecule has 1 aliphatic rings. The topological polar surface area (TPSA) is 145 Å². The number of nitrogens with one attached hydrogen (secondary N) is 2. The first-order valence-corrected chi connectivity index (χ1v) is 11.4. The number of hydrogen-bond donors (Lipinski definition) is 2. The van der Waals surface area contributed by atoms with E-state index in [-0.39, 0.29) is 23.3 Å². The van der Waals surface area contributed by atoms with Gasteiger partial charge in [-0.05, 0) is 55.1 Å². The van der Waals surface area contributed by atoms with Gasteiger partial charge in [0.05, 0.1) is 30.4 Å². The van der Waals surface area contributed by atoms with Gasteiger partial charge in [-0.25, -0.2) is 9.59 Å². The fraction of sp³-hybridized carbons (Fsp3) is 0.167. The largest absolute Gasteiger partial charge is 0.483 e. The molecule has 0 bridgehead atoms. The number of benzene rings is 2. The number of esters is 2. The highest BCUT2D eigenvalue weighted by atomic mass is 32.2. The van der Waals surface area contributed by atoms with Crippen LogP contribution in [-0.4, -0.2) is 55.5 Å². The van der Waals surface area contributed by atoms with Crippen molar-refractivity contribution in [1.29, 1.82) is 0 Å². The average molecular weight is 511 g/mol. The third-order valence-corrected chi connectivity index (χ3v) is 5.30. The van der Waals surface area contributed by atoms with Crippen molar-refractivity contribution in [3.05, 3.63) is 70.6 Å². The van der Waals surface area contributed by atoms with Gasteiger partial charge in [0.25, 0.3) is 11.8 Å². The predicted octanol–water partition coefficient (Wildman–Crippen LogP) is 2.49. The van der Waals surface area contributed by atoms with E-state index < -0.39 is 23.8 Å². The van der Waals surface area contributed by atoms with E-state index in [1.54, 1.807) is 55.5 Å². The molecule has 0 aromatic heterocycles. The van der Waals surface area contributed by atoms with Crippen LogP contribution in [0.2, 0.25) is 0 Å². The summed E-state index contributed by atoms with van der Waals surface area (Å²) < 4.78 is 15.0. The SMILES string of the molecule is CCOC(=O)c1ccc(NC(=O)COc2ccccc2C=N/N=C2/NC(=O)/C(=C\C(=O)OC)S2)cc1. The Bertz CT molecular complexity index is 1240. The number of carbonyl (C=O) groups is 4. The second kappa shape index (κ2) is 12.9. The molecule has 2 amide bonds. The molecule has 2 aromatic rings. The molecular formula is C24H22N4O7S. The van der Waals surface area contributed by atoms with E-state index in [4.69, 9.17) is 9.47 Å². The van der Waals surface area contributed by atoms with E-state index in [0.29, 0.717) is 22.6 Å². The van der Waals surface area contributed by atoms with E-state index in [1.807, 2.05) is 0 Å². The van der Waals surface area contributed by atoms with Crippen LogP contribution in [0.4, 0.5) is 5.69 Å². The monoisotopic (exact) mass is 510 g/mol. The van der Waals surface area contributed by atoms with Crippen molar-refractivity contribution in [2.75, 3.05) is 25.6 Å². The minimum Gasteiger partial charge on any atom is -0.483 e. The van der Waals surface area contributed by atoms with Crippen LogP contribution in [-0.2, 0) is 23.9 Å². The molecular weight excluding hydrogens is 488 g/mol. The van der Waals surface area contributed by atoms with E-state index in [0.717, 1.165) is 17.8 Å². The van der Waals surface area contributed by atoms with Crippen molar-refractivity contribution in [3.63, 3.8) is 0 Å². The second-order valence-corrected chi connectivity index (χ2v) is 7.94. The molecule has 0 aliphatic carbocycles. The number of amides is 2. The summed E-state index contributed by atoms with van der Waals surface area (Å²) >= 11 is 0.948. The maximum atomic E-state index is 12.3. The lowest BCUT2D eigenvalue weighted by Gasteiger charge is -2.10. The predicted molar refractivity (Wildman–Crippen MR) is 134 cm³/mol. The van der Waals surface area contributed by atoms with E-state index >= 15 is 0 Å². The average Bonchev–Trinajstić information content (AvgIpc) is 3.22. The van der Waals surface area contributed by atoms with Crippen molar-refractivity contribution in [2.45, 2.75) is 6.92 Å². The van der Waals surface area contributed by atoms with E-state index in [9.17, 15) is 19.2 Å². The van der Waals surface area contributed by atoms with E-state index in [2.05, 4.69) is 25.6 Å². The van der Waals surface area contributed by atoms with Crippen LogP contribution in [0.1, 0.15) is 22.8 Å². The molecule has 186 valence electrons. The highest BCUT2D eigenvalue weighted by Crippen LogP contribution is 2.23. The number of rotatable bonds is 9. The summed E-state index contributed by atoms with van der Waals surface area (Å²) in [4.78, 5) is 47.3. The zero-order valence-corrected chi connectivity index (χ0v) is 20.2. The van der Waals surface area contributed by atoms with Gasteiger partial charge in [-0.15, -0.1) is 5.10 Å². The lowest BCUT2D eigenvalue weighted by Crippen LogP contribution is -2.20. The zero-order chi connectivity index (χ0) is 25.9. The highest BCUT2D eigenvalue weighted by Gasteiger charge is 2.25. The van der Waals surface area contributed by atoms with Gasteiger partial charge in [-0.1, -0.05) is 12.1 Å². The second-order valence-electron chi connectivity index (χ2n) is 6.91. The third-order valence-electron chi connectivity index (χ3n) is 4.40. The molecule has 12 heteroatoms. The smallest absolute Gasteiger partial charge is 0.338 e. The summed E-state index contributed by atoms with van der Waals surface area (Å²) in [5.41, 5.74) is 1.43. The van der Waals surface area contributed by atoms with Crippen LogP contribution in [0.15, 0.2) is 69.7 Å². The molecule has 1 fully saturated rings. The molecule has 0 unspecified atom stereocenters. The summed E-state index contributed by atoms with van der Waals surface area (Å²) in [5.74, 6) is -1.58. The summed E-state index contributed by atoms with van der Waals surface area (Å²) in [6.07, 6.45) is 2.47. The number of anilines is 1. The maximum Gasteiger partial charge on any atom is 0.338 e. The quantitative estimate of drug-likeness (QED) is 0.227. The summed E-state index contributed by atoms with van der Waals surface area (Å²) in [7, 11) is 1.21. The van der Waals surface area contributed by atoms with Crippen LogP contribution in [0.5, 0.6) is 5.75 Å². The van der Waals surface area contributed by atoms with Crippen LogP contribution < -0.4 is 15.4 Å². The molecule has 0 radical (unpaired) electrons. The number of methoxy groups -OCH3 is 1. The van der Waals surface area contributed by atoms with Crippen LogP contribution >= 0.6 is 11.8 Å². The fourth-order valence-corrected chi connectivity index (χ4v) is 3.49. The maximum absolute atomic E-state index is 12.3. The Hall–Kier alpha value is -4.45. The van der Waals surface area contributed by atoms with Crippen LogP contribution in [0.3, 0.4) is 0 Å². The van der Waals surface area contributed by atoms with Gasteiger partial charge >= 0.3 is 11.9 Å². The number of carbonyl (C=O) groups excluding carboxylic acids is 4. The number of nitrogens with zero attached hydrogens (tertiary/aromatic N) is 2. The Labute approximate surface area is 210 Å². The highest BCUT2D eigenvalue weighted by molar-refractivity contribution is 8.18. The molecule has 0 saturated carbocycles. The van der Waals surface area contributed by atoms with Crippen LogP contribution in [0, 0.1) is 0 Å². The van der Waals surface area contributed by atoms with Gasteiger partial charge in [0.2, 0.25) is 0 Å². The van der Waals surface area contributed by atoms with Gasteiger partial charge in [0.1, 0.15) is 5.75 Å². The number of ether oxygens (including phenoxy) is 3. The minimum absolute atomic E-state index is 0.140. The molecule has 11 nitrogen and oxygen atoms in total. The fourth-order valence-electron chi connectivity index (χ4n) is 2.75. The Balaban J connectivity index is 1.56. The number of para-hydroxylation sites is 1. The summed E-state index contributed by atoms with van der Waals surface area (Å²) in [5, 5.41) is 13.2. The van der Waals surface area contributed by atoms with Crippen molar-refractivity contribution in [1.82, 2.24) is 5.32 Å². The van der Waals surface area contributed by atoms with Gasteiger partial charge in [0, 0.05) is 17.3 Å². The third kappa shape index (κ3) is 7.53. The molecule has 2 N–H and O–H groups in total. The summed E-state index contributed by atoms with van der Waals surface area (Å²) in [6.45, 7) is 1.73. The standard InChI is InChI=1S/C24H22N4O7S/c1-3-34-23(32)15-8-10-17(11-9-15)26-20(29)14-35-18-7-5-4-6-16(18)13-25-28-24-27-22(31)19(36-24)12-21(30)33-2/h4-13H,3,14H2,1-2H3,(H,26,29)(H,27,28,31)/b19-12+,25-13?.